The van der Waals surface area contributed by atoms with Crippen molar-refractivity contribution in [2.45, 2.75) is 26.9 Å². The molecule has 1 aromatic carbocycles. The molecule has 2 aromatic rings. The molecule has 0 bridgehead atoms. The van der Waals surface area contributed by atoms with E-state index in [0.29, 0.717) is 5.95 Å². The number of aromatic nitrogens is 2. The van der Waals surface area contributed by atoms with Crippen LogP contribution >= 0.6 is 0 Å². The highest BCUT2D eigenvalue weighted by Crippen LogP contribution is 2.22. The molecule has 0 unspecified atom stereocenters. The summed E-state index contributed by atoms with van der Waals surface area (Å²) in [5.41, 5.74) is 8.34. The van der Waals surface area contributed by atoms with Crippen molar-refractivity contribution in [1.29, 1.82) is 0 Å². The predicted octanol–water partition coefficient (Wildman–Crippen LogP) is 2.82. The molecule has 0 radical (unpaired) electrons. The van der Waals surface area contributed by atoms with Gasteiger partial charge in [-0.15, -0.1) is 0 Å². The van der Waals surface area contributed by atoms with Gasteiger partial charge in [-0.05, 0) is 51.1 Å². The van der Waals surface area contributed by atoms with Gasteiger partial charge in [-0.2, -0.15) is 0 Å². The SMILES string of the molecule is Cc1cc(-c2ccc(OC(C)C)cc2)nc(N)n1. The summed E-state index contributed by atoms with van der Waals surface area (Å²) in [7, 11) is 0. The van der Waals surface area contributed by atoms with Gasteiger partial charge < -0.3 is 10.5 Å². The van der Waals surface area contributed by atoms with Gasteiger partial charge in [0.15, 0.2) is 0 Å². The molecule has 4 nitrogen and oxygen atoms in total. The number of aryl methyl sites for hydroxylation is 1. The number of anilines is 1. The Morgan fingerprint density at radius 3 is 2.33 bits per heavy atom. The second kappa shape index (κ2) is 5.04. The van der Waals surface area contributed by atoms with E-state index in [9.17, 15) is 0 Å². The van der Waals surface area contributed by atoms with Gasteiger partial charge in [-0.25, -0.2) is 9.97 Å². The third-order valence-electron chi connectivity index (χ3n) is 2.39. The molecule has 0 aliphatic carbocycles. The van der Waals surface area contributed by atoms with Crippen molar-refractivity contribution in [2.24, 2.45) is 0 Å². The average molecular weight is 243 g/mol. The van der Waals surface area contributed by atoms with Crippen molar-refractivity contribution in [1.82, 2.24) is 9.97 Å². The molecule has 18 heavy (non-hydrogen) atoms. The van der Waals surface area contributed by atoms with E-state index in [1.807, 2.05) is 51.1 Å². The number of hydrogen-bond acceptors (Lipinski definition) is 4. The van der Waals surface area contributed by atoms with E-state index in [1.165, 1.54) is 0 Å². The van der Waals surface area contributed by atoms with Crippen LogP contribution in [0, 0.1) is 6.92 Å². The highest BCUT2D eigenvalue weighted by Gasteiger charge is 2.04. The van der Waals surface area contributed by atoms with Gasteiger partial charge in [0.05, 0.1) is 11.8 Å². The van der Waals surface area contributed by atoms with Crippen LogP contribution in [0.4, 0.5) is 5.95 Å². The molecule has 94 valence electrons. The number of nitrogen functional groups attached to an aromatic ring is 1. The fourth-order valence-electron chi connectivity index (χ4n) is 1.72. The van der Waals surface area contributed by atoms with Crippen LogP contribution in [0.15, 0.2) is 30.3 Å². The van der Waals surface area contributed by atoms with Crippen LogP contribution in [0.5, 0.6) is 5.75 Å². The minimum Gasteiger partial charge on any atom is -0.491 e. The third kappa shape index (κ3) is 2.97. The minimum atomic E-state index is 0.174. The van der Waals surface area contributed by atoms with Gasteiger partial charge in [0.2, 0.25) is 5.95 Å². The van der Waals surface area contributed by atoms with Gasteiger partial charge in [0.25, 0.3) is 0 Å². The number of benzene rings is 1. The minimum absolute atomic E-state index is 0.174. The normalized spacial score (nSPS) is 10.7. The van der Waals surface area contributed by atoms with Crippen molar-refractivity contribution >= 4 is 5.95 Å². The Labute approximate surface area is 107 Å². The zero-order valence-electron chi connectivity index (χ0n) is 10.8. The maximum absolute atomic E-state index is 5.65. The van der Waals surface area contributed by atoms with Gasteiger partial charge in [0.1, 0.15) is 5.75 Å². The quantitative estimate of drug-likeness (QED) is 0.900. The molecule has 0 saturated carbocycles. The number of hydrogen-bond donors (Lipinski definition) is 1. The van der Waals surface area contributed by atoms with Crippen molar-refractivity contribution in [3.8, 4) is 17.0 Å². The van der Waals surface area contributed by atoms with Gasteiger partial charge in [-0.3, -0.25) is 0 Å². The van der Waals surface area contributed by atoms with E-state index in [4.69, 9.17) is 10.5 Å². The number of rotatable bonds is 3. The molecular weight excluding hydrogens is 226 g/mol. The van der Waals surface area contributed by atoms with Crippen molar-refractivity contribution in [2.75, 3.05) is 5.73 Å². The summed E-state index contributed by atoms with van der Waals surface area (Å²) in [6.45, 7) is 5.91. The third-order valence-corrected chi connectivity index (χ3v) is 2.39. The van der Waals surface area contributed by atoms with E-state index < -0.39 is 0 Å². The smallest absolute Gasteiger partial charge is 0.220 e. The fourth-order valence-corrected chi connectivity index (χ4v) is 1.72. The van der Waals surface area contributed by atoms with Crippen LogP contribution in [0.25, 0.3) is 11.3 Å². The Bertz CT molecular complexity index is 515. The van der Waals surface area contributed by atoms with Crippen molar-refractivity contribution < 1.29 is 4.74 Å². The lowest BCUT2D eigenvalue weighted by atomic mass is 10.1. The molecular formula is C14H17N3O. The van der Waals surface area contributed by atoms with Gasteiger partial charge in [-0.1, -0.05) is 0 Å². The zero-order chi connectivity index (χ0) is 13.1. The maximum Gasteiger partial charge on any atom is 0.220 e. The van der Waals surface area contributed by atoms with Crippen LogP contribution < -0.4 is 10.5 Å². The Balaban J connectivity index is 2.28. The molecule has 0 fully saturated rings. The monoisotopic (exact) mass is 243 g/mol. The zero-order valence-corrected chi connectivity index (χ0v) is 10.8. The van der Waals surface area contributed by atoms with E-state index in [1.54, 1.807) is 0 Å². The molecule has 0 spiro atoms. The summed E-state index contributed by atoms with van der Waals surface area (Å²) in [6, 6.07) is 9.72. The molecule has 2 rings (SSSR count). The standard InChI is InChI=1S/C14H17N3O/c1-9(2)18-12-6-4-11(5-7-12)13-8-10(3)16-14(15)17-13/h4-9H,1-3H3,(H2,15,16,17). The second-order valence-electron chi connectivity index (χ2n) is 4.44. The molecule has 0 saturated heterocycles. The lowest BCUT2D eigenvalue weighted by Gasteiger charge is -2.10. The van der Waals surface area contributed by atoms with E-state index >= 15 is 0 Å². The number of nitrogens with two attached hydrogens (primary N) is 1. The number of ether oxygens (including phenoxy) is 1. The summed E-state index contributed by atoms with van der Waals surface area (Å²) in [5.74, 6) is 1.15. The highest BCUT2D eigenvalue weighted by atomic mass is 16.5. The highest BCUT2D eigenvalue weighted by molar-refractivity contribution is 5.61. The first kappa shape index (κ1) is 12.4. The molecule has 1 aromatic heterocycles. The first-order valence-corrected chi connectivity index (χ1v) is 5.93. The van der Waals surface area contributed by atoms with Crippen LogP contribution in [-0.4, -0.2) is 16.1 Å². The molecule has 0 aliphatic heterocycles. The van der Waals surface area contributed by atoms with Crippen LogP contribution in [0.1, 0.15) is 19.5 Å². The molecule has 0 atom stereocenters. The summed E-state index contributed by atoms with van der Waals surface area (Å²) in [6.07, 6.45) is 0.174. The lowest BCUT2D eigenvalue weighted by molar-refractivity contribution is 0.242. The van der Waals surface area contributed by atoms with Gasteiger partial charge in [0, 0.05) is 11.3 Å². The molecule has 1 heterocycles. The summed E-state index contributed by atoms with van der Waals surface area (Å²) < 4.78 is 5.60. The van der Waals surface area contributed by atoms with Crippen LogP contribution in [0.2, 0.25) is 0 Å². The predicted molar refractivity (Wildman–Crippen MR) is 72.4 cm³/mol. The fraction of sp³-hybridized carbons (Fsp3) is 0.286. The number of nitrogens with zero attached hydrogens (tertiary/aromatic N) is 2. The topological polar surface area (TPSA) is 61.0 Å². The Morgan fingerprint density at radius 1 is 1.11 bits per heavy atom. The van der Waals surface area contributed by atoms with E-state index in [2.05, 4.69) is 9.97 Å². The average Bonchev–Trinajstić information content (AvgIpc) is 2.27. The lowest BCUT2D eigenvalue weighted by Crippen LogP contribution is -2.05. The maximum atomic E-state index is 5.65. The molecule has 2 N–H and O–H groups in total. The summed E-state index contributed by atoms with van der Waals surface area (Å²) >= 11 is 0. The van der Waals surface area contributed by atoms with Crippen molar-refractivity contribution in [3.63, 3.8) is 0 Å². The molecule has 4 heteroatoms. The van der Waals surface area contributed by atoms with Crippen LogP contribution in [0.3, 0.4) is 0 Å². The summed E-state index contributed by atoms with van der Waals surface area (Å²) in [5, 5.41) is 0. The first-order valence-electron chi connectivity index (χ1n) is 5.93. The van der Waals surface area contributed by atoms with E-state index in [-0.39, 0.29) is 6.10 Å². The van der Waals surface area contributed by atoms with Crippen molar-refractivity contribution in [3.05, 3.63) is 36.0 Å². The Morgan fingerprint density at radius 2 is 1.78 bits per heavy atom. The Hall–Kier alpha value is -2.10. The van der Waals surface area contributed by atoms with Crippen LogP contribution in [-0.2, 0) is 0 Å². The first-order chi connectivity index (χ1) is 8.54. The Kier molecular flexibility index (Phi) is 3.46. The van der Waals surface area contributed by atoms with E-state index in [0.717, 1.165) is 22.7 Å². The summed E-state index contributed by atoms with van der Waals surface area (Å²) in [4.78, 5) is 8.28. The van der Waals surface area contributed by atoms with Gasteiger partial charge >= 0.3 is 0 Å². The largest absolute Gasteiger partial charge is 0.491 e. The molecule has 0 aliphatic rings. The second-order valence-corrected chi connectivity index (χ2v) is 4.44. The molecule has 0 amide bonds.